The van der Waals surface area contributed by atoms with Gasteiger partial charge in [-0.15, -0.1) is 0 Å². The zero-order valence-electron chi connectivity index (χ0n) is 21.9. The van der Waals surface area contributed by atoms with E-state index >= 15 is 0 Å². The summed E-state index contributed by atoms with van der Waals surface area (Å²) in [4.78, 5) is 6.77. The Morgan fingerprint density at radius 2 is 1.35 bits per heavy atom. The van der Waals surface area contributed by atoms with Gasteiger partial charge in [0.05, 0.1) is 11.2 Å². The maximum atomic E-state index is 13.7. The van der Waals surface area contributed by atoms with Gasteiger partial charge in [-0.3, -0.25) is 9.89 Å². The van der Waals surface area contributed by atoms with Gasteiger partial charge >= 0.3 is 0 Å². The predicted octanol–water partition coefficient (Wildman–Crippen LogP) is 7.48. The van der Waals surface area contributed by atoms with Gasteiger partial charge in [0, 0.05) is 35.6 Å². The van der Waals surface area contributed by atoms with Crippen LogP contribution in [0.15, 0.2) is 125 Å². The van der Waals surface area contributed by atoms with Crippen LogP contribution in [0.2, 0.25) is 0 Å². The van der Waals surface area contributed by atoms with Crippen LogP contribution in [0.25, 0.3) is 16.5 Å². The van der Waals surface area contributed by atoms with Crippen LogP contribution in [-0.2, 0) is 5.54 Å². The predicted molar refractivity (Wildman–Crippen MR) is 163 cm³/mol. The Labute approximate surface area is 241 Å². The number of halogens is 2. The summed E-state index contributed by atoms with van der Waals surface area (Å²) in [5.74, 6) is 0. The molecule has 1 unspecified atom stereocenters. The van der Waals surface area contributed by atoms with Crippen LogP contribution in [0.5, 0.6) is 0 Å². The van der Waals surface area contributed by atoms with Crippen LogP contribution in [0.4, 0.5) is 4.39 Å². The number of hydrogen-bond donors (Lipinski definition) is 0. The fraction of sp³-hybridized carbons (Fsp3) is 0.176. The number of aliphatic imine (C=N–C) groups is 1. The van der Waals surface area contributed by atoms with Gasteiger partial charge in [0.1, 0.15) is 17.9 Å². The number of dihydropyridines is 1. The Balaban J connectivity index is 1.50. The topological polar surface area (TPSA) is 33.4 Å². The first-order chi connectivity index (χ1) is 19.6. The molecule has 7 rings (SSSR count). The first kappa shape index (κ1) is 25.1. The fourth-order valence-electron chi connectivity index (χ4n) is 6.14. The monoisotopic (exact) mass is 590 g/mol. The van der Waals surface area contributed by atoms with Crippen molar-refractivity contribution in [3.8, 4) is 0 Å². The normalized spacial score (nSPS) is 18.1. The number of nitrogens with zero attached hydrogens (tertiary/aromatic N) is 4. The molecule has 1 saturated heterocycles. The summed E-state index contributed by atoms with van der Waals surface area (Å²) in [6, 6.07) is 38.2. The molecule has 4 nitrogen and oxygen atoms in total. The summed E-state index contributed by atoms with van der Waals surface area (Å²) in [7, 11) is 0. The molecule has 1 atom stereocenters. The van der Waals surface area contributed by atoms with Crippen LogP contribution in [0, 0.1) is 0 Å². The molecule has 0 N–H and O–H groups in total. The first-order valence-corrected chi connectivity index (χ1v) is 14.4. The maximum Gasteiger partial charge on any atom is 0.138 e. The number of hydrogen-bond acceptors (Lipinski definition) is 3. The Bertz CT molecular complexity index is 1610. The van der Waals surface area contributed by atoms with Crippen molar-refractivity contribution < 1.29 is 4.39 Å². The summed E-state index contributed by atoms with van der Waals surface area (Å²) in [5, 5.41) is 6.55. The van der Waals surface area contributed by atoms with Gasteiger partial charge in [-0.05, 0) is 46.5 Å². The van der Waals surface area contributed by atoms with E-state index in [1.165, 1.54) is 0 Å². The van der Waals surface area contributed by atoms with E-state index in [1.807, 2.05) is 6.21 Å². The number of likely N-dealkylation sites (tertiary alicyclic amines) is 1. The van der Waals surface area contributed by atoms with E-state index in [2.05, 4.69) is 146 Å². The Morgan fingerprint density at radius 3 is 1.90 bits per heavy atom. The molecule has 1 aromatic heterocycles. The minimum atomic E-state index is -0.760. The summed E-state index contributed by atoms with van der Waals surface area (Å²) in [5.41, 5.74) is 5.70. The third-order valence-corrected chi connectivity index (χ3v) is 8.55. The molecule has 5 aromatic rings. The quantitative estimate of drug-likeness (QED) is 0.192. The minimum absolute atomic E-state index is 0.0681. The van der Waals surface area contributed by atoms with Crippen molar-refractivity contribution in [2.75, 3.05) is 13.1 Å². The van der Waals surface area contributed by atoms with Crippen LogP contribution < -0.4 is 0 Å². The molecule has 0 amide bonds. The van der Waals surface area contributed by atoms with Gasteiger partial charge in [-0.25, -0.2) is 9.07 Å². The molecule has 0 radical (unpaired) electrons. The molecule has 0 aliphatic carbocycles. The highest BCUT2D eigenvalue weighted by atomic mass is 79.9. The zero-order chi connectivity index (χ0) is 27.1. The van der Waals surface area contributed by atoms with Crippen molar-refractivity contribution >= 4 is 38.6 Å². The van der Waals surface area contributed by atoms with Crippen molar-refractivity contribution in [1.29, 1.82) is 0 Å². The lowest BCUT2D eigenvalue weighted by Gasteiger charge is -2.39. The largest absolute Gasteiger partial charge is 0.276 e. The number of aromatic nitrogens is 2. The summed E-state index contributed by atoms with van der Waals surface area (Å²) >= 11 is 3.71. The van der Waals surface area contributed by atoms with Gasteiger partial charge in [0.25, 0.3) is 0 Å². The second-order valence-electron chi connectivity index (χ2n) is 10.5. The lowest BCUT2D eigenvalue weighted by atomic mass is 9.77. The smallest absolute Gasteiger partial charge is 0.138 e. The van der Waals surface area contributed by atoms with E-state index in [4.69, 9.17) is 5.10 Å². The maximum absolute atomic E-state index is 13.7. The molecule has 3 heterocycles. The molecule has 198 valence electrons. The van der Waals surface area contributed by atoms with Crippen LogP contribution in [0.1, 0.15) is 28.8 Å². The third-order valence-electron chi connectivity index (χ3n) is 8.06. The molecular formula is C34H28BrFN4. The van der Waals surface area contributed by atoms with E-state index in [-0.39, 0.29) is 6.17 Å². The van der Waals surface area contributed by atoms with E-state index in [9.17, 15) is 4.39 Å². The minimum Gasteiger partial charge on any atom is -0.276 e. The molecule has 2 aliphatic rings. The summed E-state index contributed by atoms with van der Waals surface area (Å²) in [6.45, 7) is 0.879. The number of rotatable bonds is 6. The van der Waals surface area contributed by atoms with E-state index < -0.39 is 11.7 Å². The Kier molecular flexibility index (Phi) is 6.45. The molecule has 1 fully saturated rings. The Morgan fingerprint density at radius 1 is 0.775 bits per heavy atom. The second-order valence-corrected chi connectivity index (χ2v) is 11.4. The number of fused-ring (bicyclic) bond motifs is 1. The highest BCUT2D eigenvalue weighted by molar-refractivity contribution is 9.10. The highest BCUT2D eigenvalue weighted by Gasteiger charge is 2.41. The zero-order valence-corrected chi connectivity index (χ0v) is 23.5. The molecule has 0 spiro atoms. The molecular weight excluding hydrogens is 563 g/mol. The average molecular weight is 592 g/mol. The van der Waals surface area contributed by atoms with Crippen molar-refractivity contribution in [1.82, 2.24) is 14.7 Å². The fourth-order valence-corrected chi connectivity index (χ4v) is 6.50. The Hall–Kier alpha value is -3.87. The molecule has 0 bridgehead atoms. The molecule has 0 saturated carbocycles. The highest BCUT2D eigenvalue weighted by Crippen LogP contribution is 2.44. The van der Waals surface area contributed by atoms with Crippen LogP contribution in [-0.4, -0.2) is 46.3 Å². The summed E-state index contributed by atoms with van der Waals surface area (Å²) in [6.07, 6.45) is 3.78. The summed E-state index contributed by atoms with van der Waals surface area (Å²) < 4.78 is 16.9. The van der Waals surface area contributed by atoms with Crippen molar-refractivity contribution in [2.45, 2.75) is 24.3 Å². The molecule has 40 heavy (non-hydrogen) atoms. The second kappa shape index (κ2) is 10.3. The van der Waals surface area contributed by atoms with Gasteiger partial charge < -0.3 is 0 Å². The number of alkyl halides is 1. The lowest BCUT2D eigenvalue weighted by Crippen LogP contribution is -2.53. The van der Waals surface area contributed by atoms with E-state index in [1.54, 1.807) is 0 Å². The van der Waals surface area contributed by atoms with Crippen molar-refractivity contribution in [2.24, 2.45) is 4.99 Å². The lowest BCUT2D eigenvalue weighted by molar-refractivity contribution is 0.0320. The third kappa shape index (κ3) is 4.14. The van der Waals surface area contributed by atoms with E-state index in [0.717, 1.165) is 43.3 Å². The first-order valence-electron chi connectivity index (χ1n) is 13.6. The van der Waals surface area contributed by atoms with Gasteiger partial charge in [0.15, 0.2) is 0 Å². The van der Waals surface area contributed by atoms with Crippen LogP contribution >= 0.6 is 15.9 Å². The molecule has 4 aromatic carbocycles. The van der Waals surface area contributed by atoms with Gasteiger partial charge in [-0.2, -0.15) is 5.10 Å². The number of benzene rings is 4. The van der Waals surface area contributed by atoms with Crippen molar-refractivity contribution in [3.63, 3.8) is 0 Å². The number of allylic oxidation sites excluding steroid dienone is 1. The van der Waals surface area contributed by atoms with E-state index in [0.29, 0.717) is 19.5 Å². The van der Waals surface area contributed by atoms with Gasteiger partial charge in [0.2, 0.25) is 0 Å². The van der Waals surface area contributed by atoms with Gasteiger partial charge in [-0.1, -0.05) is 107 Å². The SMILES string of the molecule is FC1CN(C2CC(c3nn(C(c4ccccc4)(c4ccccc4)c4ccccc4)c4ccc(Br)cc34)=CC=N2)C1. The van der Waals surface area contributed by atoms with Crippen LogP contribution in [0.3, 0.4) is 0 Å². The average Bonchev–Trinajstić information content (AvgIpc) is 3.36. The molecule has 2 aliphatic heterocycles. The molecule has 6 heteroatoms. The standard InChI is InChI=1S/C34H28BrFN4/c35-28-16-17-31-30(21-28)33(24-18-19-37-32(20-24)39-22-29(36)23-39)38-40(31)34(25-10-4-1-5-11-25,26-12-6-2-7-13-26)27-14-8-3-9-15-27/h1-19,21,29,32H,20,22-23H2. The van der Waals surface area contributed by atoms with Crippen molar-refractivity contribution in [3.05, 3.63) is 142 Å².